The van der Waals surface area contributed by atoms with Crippen molar-refractivity contribution in [1.29, 1.82) is 10.7 Å². The van der Waals surface area contributed by atoms with Crippen LogP contribution in [0.15, 0.2) is 24.3 Å². The smallest absolute Gasteiger partial charge is 0.243 e. The van der Waals surface area contributed by atoms with E-state index in [2.05, 4.69) is 16.3 Å². The molecule has 1 aromatic carbocycles. The fourth-order valence-electron chi connectivity index (χ4n) is 3.79. The number of nitrogens with zero attached hydrogens (tertiary/aromatic N) is 2. The zero-order valence-corrected chi connectivity index (χ0v) is 14.1. The molecule has 1 saturated carbocycles. The summed E-state index contributed by atoms with van der Waals surface area (Å²) < 4.78 is 11.4. The highest BCUT2D eigenvalue weighted by Gasteiger charge is 2.39. The molecule has 2 aliphatic rings. The minimum atomic E-state index is -0.662. The summed E-state index contributed by atoms with van der Waals surface area (Å²) in [6.45, 7) is 1.91. The van der Waals surface area contributed by atoms with Crippen molar-refractivity contribution in [2.45, 2.75) is 44.6 Å². The summed E-state index contributed by atoms with van der Waals surface area (Å²) in [5, 5.41) is 24.6. The first-order chi connectivity index (χ1) is 12.2. The molecule has 1 fully saturated rings. The van der Waals surface area contributed by atoms with Gasteiger partial charge in [0.15, 0.2) is 0 Å². The van der Waals surface area contributed by atoms with E-state index >= 15 is 0 Å². The van der Waals surface area contributed by atoms with Crippen LogP contribution >= 0.6 is 0 Å². The Hall–Kier alpha value is -2.81. The summed E-state index contributed by atoms with van der Waals surface area (Å²) in [5.41, 5.74) is 2.68. The molecule has 2 aromatic rings. The minimum Gasteiger partial charge on any atom is -0.490 e. The molecule has 6 heteroatoms. The maximum absolute atomic E-state index is 9.57. The standard InChI is InChI=1S/C19H20N4O2/c1-11-16-17(15(10-20)18(21)25-19(16)23-22-11)12-6-8-14(9-7-12)24-13-4-2-3-5-13/h6-9,13,15,17,21H,2-5H2,1H3,(H,22,23). The summed E-state index contributed by atoms with van der Waals surface area (Å²) in [6, 6.07) is 10.1. The number of hydrogen-bond donors (Lipinski definition) is 2. The van der Waals surface area contributed by atoms with Crippen LogP contribution in [0.3, 0.4) is 0 Å². The maximum atomic E-state index is 9.57. The zero-order valence-electron chi connectivity index (χ0n) is 14.1. The van der Waals surface area contributed by atoms with Gasteiger partial charge in [-0.05, 0) is 50.3 Å². The van der Waals surface area contributed by atoms with Crippen LogP contribution < -0.4 is 9.47 Å². The van der Waals surface area contributed by atoms with Gasteiger partial charge < -0.3 is 9.47 Å². The third-order valence-corrected chi connectivity index (χ3v) is 5.08. The number of aryl methyl sites for hydroxylation is 1. The van der Waals surface area contributed by atoms with Gasteiger partial charge in [0.25, 0.3) is 0 Å². The number of benzene rings is 1. The SMILES string of the molecule is Cc1[nH]nc2c1C(c1ccc(OC3CCCC3)cc1)C(C#N)C(=N)O2. The molecule has 1 aromatic heterocycles. The first-order valence-electron chi connectivity index (χ1n) is 8.64. The van der Waals surface area contributed by atoms with Crippen molar-refractivity contribution in [3.05, 3.63) is 41.1 Å². The molecule has 2 unspecified atom stereocenters. The first kappa shape index (κ1) is 15.7. The second-order valence-electron chi connectivity index (χ2n) is 6.71. The highest BCUT2D eigenvalue weighted by atomic mass is 16.5. The van der Waals surface area contributed by atoms with Gasteiger partial charge in [-0.3, -0.25) is 10.5 Å². The lowest BCUT2D eigenvalue weighted by Gasteiger charge is -2.28. The van der Waals surface area contributed by atoms with E-state index in [1.165, 1.54) is 12.8 Å². The number of nitriles is 1. The molecule has 1 aliphatic heterocycles. The lowest BCUT2D eigenvalue weighted by atomic mass is 9.79. The predicted octanol–water partition coefficient (Wildman–Crippen LogP) is 3.68. The maximum Gasteiger partial charge on any atom is 0.243 e. The number of nitrogens with one attached hydrogen (secondary N) is 2. The third kappa shape index (κ3) is 2.76. The quantitative estimate of drug-likeness (QED) is 0.894. The van der Waals surface area contributed by atoms with Crippen molar-refractivity contribution >= 4 is 5.90 Å². The Morgan fingerprint density at radius 1 is 1.28 bits per heavy atom. The molecule has 0 radical (unpaired) electrons. The second kappa shape index (κ2) is 6.25. The Balaban J connectivity index is 1.66. The van der Waals surface area contributed by atoms with Crippen molar-refractivity contribution in [3.8, 4) is 17.7 Å². The highest BCUT2D eigenvalue weighted by molar-refractivity contribution is 5.84. The molecule has 128 valence electrons. The molecular weight excluding hydrogens is 316 g/mol. The van der Waals surface area contributed by atoms with E-state index in [1.54, 1.807) is 0 Å². The van der Waals surface area contributed by atoms with Gasteiger partial charge in [-0.1, -0.05) is 12.1 Å². The molecule has 6 nitrogen and oxygen atoms in total. The topological polar surface area (TPSA) is 94.8 Å². The van der Waals surface area contributed by atoms with Gasteiger partial charge in [0.05, 0.1) is 12.2 Å². The average Bonchev–Trinajstić information content (AvgIpc) is 3.25. The molecule has 2 N–H and O–H groups in total. The van der Waals surface area contributed by atoms with E-state index in [4.69, 9.17) is 14.9 Å². The second-order valence-corrected chi connectivity index (χ2v) is 6.71. The molecule has 25 heavy (non-hydrogen) atoms. The monoisotopic (exact) mass is 336 g/mol. The Labute approximate surface area is 146 Å². The van der Waals surface area contributed by atoms with Crippen molar-refractivity contribution in [2.75, 3.05) is 0 Å². The van der Waals surface area contributed by atoms with Gasteiger partial charge in [-0.15, -0.1) is 5.10 Å². The summed E-state index contributed by atoms with van der Waals surface area (Å²) in [5.74, 6) is 0.268. The molecule has 2 atom stereocenters. The van der Waals surface area contributed by atoms with E-state index < -0.39 is 5.92 Å². The minimum absolute atomic E-state index is 0.0576. The zero-order chi connectivity index (χ0) is 17.4. The van der Waals surface area contributed by atoms with Gasteiger partial charge in [-0.2, -0.15) is 5.26 Å². The van der Waals surface area contributed by atoms with Gasteiger partial charge in [-0.25, -0.2) is 0 Å². The van der Waals surface area contributed by atoms with Crippen LogP contribution in [-0.2, 0) is 0 Å². The van der Waals surface area contributed by atoms with Gasteiger partial charge in [0.1, 0.15) is 11.7 Å². The van der Waals surface area contributed by atoms with Crippen LogP contribution in [0.4, 0.5) is 0 Å². The fourth-order valence-corrected chi connectivity index (χ4v) is 3.79. The van der Waals surface area contributed by atoms with Crippen molar-refractivity contribution in [2.24, 2.45) is 5.92 Å². The number of H-pyrrole nitrogens is 1. The highest BCUT2D eigenvalue weighted by Crippen LogP contribution is 2.42. The first-order valence-corrected chi connectivity index (χ1v) is 8.64. The predicted molar refractivity (Wildman–Crippen MR) is 92.0 cm³/mol. The summed E-state index contributed by atoms with van der Waals surface area (Å²) >= 11 is 0. The van der Waals surface area contributed by atoms with Crippen molar-refractivity contribution in [1.82, 2.24) is 10.2 Å². The van der Waals surface area contributed by atoms with E-state index in [0.29, 0.717) is 12.0 Å². The lowest BCUT2D eigenvalue weighted by Crippen LogP contribution is -2.30. The number of fused-ring (bicyclic) bond motifs is 1. The van der Waals surface area contributed by atoms with E-state index in [1.807, 2.05) is 31.2 Å². The number of rotatable bonds is 3. The number of aromatic amines is 1. The Kier molecular flexibility index (Phi) is 3.92. The van der Waals surface area contributed by atoms with Gasteiger partial charge in [0.2, 0.25) is 11.8 Å². The molecular formula is C19H20N4O2. The van der Waals surface area contributed by atoms with Crippen molar-refractivity contribution < 1.29 is 9.47 Å². The molecule has 4 rings (SSSR count). The van der Waals surface area contributed by atoms with Gasteiger partial charge >= 0.3 is 0 Å². The van der Waals surface area contributed by atoms with Gasteiger partial charge in [0, 0.05) is 17.2 Å². The van der Waals surface area contributed by atoms with E-state index in [0.717, 1.165) is 35.4 Å². The Morgan fingerprint density at radius 2 is 2.00 bits per heavy atom. The molecule has 0 bridgehead atoms. The van der Waals surface area contributed by atoms with Crippen LogP contribution in [0, 0.1) is 29.6 Å². The average molecular weight is 336 g/mol. The van der Waals surface area contributed by atoms with Crippen LogP contribution in [0.5, 0.6) is 11.6 Å². The molecule has 0 saturated heterocycles. The normalized spacial score (nSPS) is 23.0. The molecule has 2 heterocycles. The molecule has 0 amide bonds. The van der Waals surface area contributed by atoms with E-state index in [-0.39, 0.29) is 11.8 Å². The number of hydrogen-bond acceptors (Lipinski definition) is 5. The van der Waals surface area contributed by atoms with Crippen LogP contribution in [0.1, 0.15) is 48.4 Å². The fraction of sp³-hybridized carbons (Fsp3) is 0.421. The lowest BCUT2D eigenvalue weighted by molar-refractivity contribution is 0.210. The largest absolute Gasteiger partial charge is 0.490 e. The van der Waals surface area contributed by atoms with E-state index in [9.17, 15) is 5.26 Å². The summed E-state index contributed by atoms with van der Waals surface area (Å²) in [6.07, 6.45) is 5.02. The summed E-state index contributed by atoms with van der Waals surface area (Å²) in [7, 11) is 0. The molecule has 1 aliphatic carbocycles. The third-order valence-electron chi connectivity index (χ3n) is 5.08. The van der Waals surface area contributed by atoms with Crippen LogP contribution in [0.25, 0.3) is 0 Å². The molecule has 0 spiro atoms. The number of aromatic nitrogens is 2. The van der Waals surface area contributed by atoms with Crippen LogP contribution in [0.2, 0.25) is 0 Å². The Bertz CT molecular complexity index is 828. The summed E-state index contributed by atoms with van der Waals surface area (Å²) in [4.78, 5) is 0. The Morgan fingerprint density at radius 3 is 2.68 bits per heavy atom. The van der Waals surface area contributed by atoms with Crippen molar-refractivity contribution in [3.63, 3.8) is 0 Å². The van der Waals surface area contributed by atoms with Crippen LogP contribution in [-0.4, -0.2) is 22.2 Å². The number of ether oxygens (including phenoxy) is 2.